The number of carbonyl (C=O) groups excluding carboxylic acids is 1. The molecule has 4 nitrogen and oxygen atoms in total. The normalized spacial score (nSPS) is 17.6. The van der Waals surface area contributed by atoms with Crippen LogP contribution in [0.1, 0.15) is 36.3 Å². The molecule has 21 heavy (non-hydrogen) atoms. The van der Waals surface area contributed by atoms with E-state index in [9.17, 15) is 9.90 Å². The molecule has 0 saturated carbocycles. The topological polar surface area (TPSA) is 53.4 Å². The Hall–Kier alpha value is -1.88. The van der Waals surface area contributed by atoms with Crippen molar-refractivity contribution in [2.24, 2.45) is 0 Å². The van der Waals surface area contributed by atoms with Crippen molar-refractivity contribution in [1.29, 1.82) is 0 Å². The van der Waals surface area contributed by atoms with Gasteiger partial charge in [-0.2, -0.15) is 0 Å². The number of anilines is 1. The smallest absolute Gasteiger partial charge is 0.227 e. The lowest BCUT2D eigenvalue weighted by atomic mass is 9.91. The van der Waals surface area contributed by atoms with E-state index in [1.807, 2.05) is 17.5 Å². The van der Waals surface area contributed by atoms with Crippen molar-refractivity contribution in [2.45, 2.75) is 32.1 Å². The van der Waals surface area contributed by atoms with Crippen molar-refractivity contribution >= 4 is 22.9 Å². The molecule has 1 unspecified atom stereocenters. The van der Waals surface area contributed by atoms with Gasteiger partial charge in [0, 0.05) is 31.0 Å². The lowest BCUT2D eigenvalue weighted by molar-refractivity contribution is -0.118. The maximum atomic E-state index is 12.5. The first-order valence-corrected chi connectivity index (χ1v) is 8.05. The van der Waals surface area contributed by atoms with E-state index in [2.05, 4.69) is 11.9 Å². The Bertz CT molecular complexity index is 640. The van der Waals surface area contributed by atoms with Crippen molar-refractivity contribution in [1.82, 2.24) is 4.98 Å². The van der Waals surface area contributed by atoms with Crippen LogP contribution >= 0.6 is 11.3 Å². The van der Waals surface area contributed by atoms with E-state index in [1.54, 1.807) is 28.5 Å². The van der Waals surface area contributed by atoms with Gasteiger partial charge in [0.25, 0.3) is 0 Å². The van der Waals surface area contributed by atoms with Crippen molar-refractivity contribution in [2.75, 3.05) is 11.4 Å². The lowest BCUT2D eigenvalue weighted by Crippen LogP contribution is -2.36. The number of aromatic hydroxyl groups is 1. The molecule has 1 atom stereocenters. The zero-order valence-corrected chi connectivity index (χ0v) is 12.8. The highest BCUT2D eigenvalue weighted by Crippen LogP contribution is 2.41. The summed E-state index contributed by atoms with van der Waals surface area (Å²) in [6.07, 6.45) is 3.77. The molecule has 2 aromatic rings. The molecule has 2 heterocycles. The maximum absolute atomic E-state index is 12.5. The Morgan fingerprint density at radius 2 is 2.38 bits per heavy atom. The second kappa shape index (κ2) is 5.85. The summed E-state index contributed by atoms with van der Waals surface area (Å²) in [5, 5.41) is 13.0. The number of rotatable bonds is 3. The molecule has 0 fully saturated rings. The van der Waals surface area contributed by atoms with Crippen LogP contribution in [0.2, 0.25) is 0 Å². The summed E-state index contributed by atoms with van der Waals surface area (Å²) in [6.45, 7) is 2.80. The van der Waals surface area contributed by atoms with Crippen LogP contribution in [0.4, 0.5) is 5.69 Å². The first kappa shape index (κ1) is 14.1. The molecule has 3 rings (SSSR count). The predicted molar refractivity (Wildman–Crippen MR) is 83.9 cm³/mol. The molecule has 110 valence electrons. The van der Waals surface area contributed by atoms with E-state index in [0.717, 1.165) is 17.0 Å². The summed E-state index contributed by atoms with van der Waals surface area (Å²) < 4.78 is 0. The van der Waals surface area contributed by atoms with Gasteiger partial charge in [0.15, 0.2) is 0 Å². The second-order valence-electron chi connectivity index (χ2n) is 5.38. The highest BCUT2D eigenvalue weighted by molar-refractivity contribution is 7.09. The summed E-state index contributed by atoms with van der Waals surface area (Å²) in [7, 11) is 0. The van der Waals surface area contributed by atoms with Crippen molar-refractivity contribution in [3.8, 4) is 5.75 Å². The highest BCUT2D eigenvalue weighted by atomic mass is 32.1. The minimum atomic E-state index is 0.0554. The fraction of sp³-hybridized carbons (Fsp3) is 0.375. The van der Waals surface area contributed by atoms with Crippen LogP contribution in [0.15, 0.2) is 29.8 Å². The standard InChI is InChI=1S/C16H18N2O2S/c1-11-7-9-18(16-12(11)3-2-4-13(16)19)15(20)6-5-14-17-8-10-21-14/h2-4,8,10-11,19H,5-7,9H2,1H3. The summed E-state index contributed by atoms with van der Waals surface area (Å²) in [5.74, 6) is 0.622. The van der Waals surface area contributed by atoms with Gasteiger partial charge in [-0.1, -0.05) is 19.1 Å². The summed E-state index contributed by atoms with van der Waals surface area (Å²) in [4.78, 5) is 18.4. The molecule has 1 aromatic carbocycles. The molecule has 0 bridgehead atoms. The molecule has 5 heteroatoms. The van der Waals surface area contributed by atoms with Crippen molar-refractivity contribution in [3.63, 3.8) is 0 Å². The number of aryl methyl sites for hydroxylation is 1. The molecule has 1 amide bonds. The van der Waals surface area contributed by atoms with Crippen LogP contribution < -0.4 is 4.90 Å². The van der Waals surface area contributed by atoms with Gasteiger partial charge in [-0.3, -0.25) is 4.79 Å². The number of nitrogens with zero attached hydrogens (tertiary/aromatic N) is 2. The zero-order valence-electron chi connectivity index (χ0n) is 12.0. The molecule has 0 spiro atoms. The lowest BCUT2D eigenvalue weighted by Gasteiger charge is -2.33. The molecule has 0 aliphatic carbocycles. The average Bonchev–Trinajstić information content (AvgIpc) is 2.99. The Morgan fingerprint density at radius 1 is 1.52 bits per heavy atom. The third-order valence-corrected chi connectivity index (χ3v) is 4.81. The number of aromatic nitrogens is 1. The van der Waals surface area contributed by atoms with E-state index in [0.29, 0.717) is 31.0 Å². The average molecular weight is 302 g/mol. The van der Waals surface area contributed by atoms with Crippen LogP contribution in [0.25, 0.3) is 0 Å². The minimum Gasteiger partial charge on any atom is -0.506 e. The first-order valence-electron chi connectivity index (χ1n) is 7.17. The SMILES string of the molecule is CC1CCN(C(=O)CCc2nccs2)c2c(O)cccc21. The van der Waals surface area contributed by atoms with Crippen LogP contribution in [0.3, 0.4) is 0 Å². The maximum Gasteiger partial charge on any atom is 0.227 e. The van der Waals surface area contributed by atoms with E-state index in [1.165, 1.54) is 0 Å². The largest absolute Gasteiger partial charge is 0.506 e. The Labute approximate surface area is 128 Å². The van der Waals surface area contributed by atoms with E-state index >= 15 is 0 Å². The second-order valence-corrected chi connectivity index (χ2v) is 6.36. The van der Waals surface area contributed by atoms with Crippen LogP contribution in [-0.4, -0.2) is 22.5 Å². The molecule has 1 N–H and O–H groups in total. The van der Waals surface area contributed by atoms with Crippen molar-refractivity contribution < 1.29 is 9.90 Å². The number of amides is 1. The fourth-order valence-electron chi connectivity index (χ4n) is 2.81. The minimum absolute atomic E-state index is 0.0554. The van der Waals surface area contributed by atoms with Crippen molar-refractivity contribution in [3.05, 3.63) is 40.3 Å². The van der Waals surface area contributed by atoms with Gasteiger partial charge in [-0.05, 0) is 24.0 Å². The first-order chi connectivity index (χ1) is 10.2. The molecule has 1 aromatic heterocycles. The molecule has 1 aliphatic rings. The highest BCUT2D eigenvalue weighted by Gasteiger charge is 2.28. The number of carbonyl (C=O) groups is 1. The molecular weight excluding hydrogens is 284 g/mol. The van der Waals surface area contributed by atoms with Gasteiger partial charge >= 0.3 is 0 Å². The third kappa shape index (κ3) is 2.78. The number of phenolic OH excluding ortho intramolecular Hbond substituents is 1. The number of hydrogen-bond acceptors (Lipinski definition) is 4. The Morgan fingerprint density at radius 3 is 3.14 bits per heavy atom. The monoisotopic (exact) mass is 302 g/mol. The summed E-state index contributed by atoms with van der Waals surface area (Å²) in [5.41, 5.74) is 1.75. The predicted octanol–water partition coefficient (Wildman–Crippen LogP) is 3.32. The Kier molecular flexibility index (Phi) is 3.92. The van der Waals surface area contributed by atoms with E-state index in [-0.39, 0.29) is 11.7 Å². The van der Waals surface area contributed by atoms with E-state index < -0.39 is 0 Å². The fourth-order valence-corrected chi connectivity index (χ4v) is 3.43. The number of fused-ring (bicyclic) bond motifs is 1. The van der Waals surface area contributed by atoms with Crippen LogP contribution in [0, 0.1) is 0 Å². The zero-order chi connectivity index (χ0) is 14.8. The molecule has 1 aliphatic heterocycles. The summed E-state index contributed by atoms with van der Waals surface area (Å²) >= 11 is 1.57. The number of benzene rings is 1. The summed E-state index contributed by atoms with van der Waals surface area (Å²) in [6, 6.07) is 5.49. The van der Waals surface area contributed by atoms with Crippen LogP contribution in [0.5, 0.6) is 5.75 Å². The number of thiazole rings is 1. The molecule has 0 saturated heterocycles. The van der Waals surface area contributed by atoms with Gasteiger partial charge in [-0.15, -0.1) is 11.3 Å². The quantitative estimate of drug-likeness (QED) is 0.946. The van der Waals surface area contributed by atoms with E-state index in [4.69, 9.17) is 0 Å². The molecular formula is C16H18N2O2S. The molecule has 0 radical (unpaired) electrons. The van der Waals surface area contributed by atoms with Gasteiger partial charge < -0.3 is 10.0 Å². The Balaban J connectivity index is 1.80. The van der Waals surface area contributed by atoms with Gasteiger partial charge in [0.2, 0.25) is 5.91 Å². The van der Waals surface area contributed by atoms with Gasteiger partial charge in [-0.25, -0.2) is 4.98 Å². The number of hydrogen-bond donors (Lipinski definition) is 1. The third-order valence-electron chi connectivity index (χ3n) is 3.97. The van der Waals surface area contributed by atoms with Gasteiger partial charge in [0.05, 0.1) is 10.7 Å². The number of para-hydroxylation sites is 1. The van der Waals surface area contributed by atoms with Gasteiger partial charge in [0.1, 0.15) is 5.75 Å². The number of phenols is 1. The van der Waals surface area contributed by atoms with Crippen LogP contribution in [-0.2, 0) is 11.2 Å².